The SMILES string of the molecule is CCOC(=O)[C@@H](C#N)[C@H](c1ccccc1)c1ccco1. The molecule has 2 aromatic rings. The van der Waals surface area contributed by atoms with Crippen LogP contribution in [0.5, 0.6) is 0 Å². The molecule has 0 aliphatic rings. The molecule has 0 amide bonds. The van der Waals surface area contributed by atoms with E-state index in [0.29, 0.717) is 5.76 Å². The Morgan fingerprint density at radius 2 is 2.05 bits per heavy atom. The summed E-state index contributed by atoms with van der Waals surface area (Å²) in [6.07, 6.45) is 1.53. The number of furan rings is 1. The van der Waals surface area contributed by atoms with Gasteiger partial charge in [0.15, 0.2) is 5.92 Å². The van der Waals surface area contributed by atoms with Crippen molar-refractivity contribution < 1.29 is 13.9 Å². The maximum absolute atomic E-state index is 12.0. The number of carbonyl (C=O) groups is 1. The Balaban J connectivity index is 2.42. The second-order valence-corrected chi connectivity index (χ2v) is 4.26. The lowest BCUT2D eigenvalue weighted by Gasteiger charge is -2.19. The van der Waals surface area contributed by atoms with Crippen LogP contribution in [0.25, 0.3) is 0 Å². The van der Waals surface area contributed by atoms with Crippen molar-refractivity contribution in [1.29, 1.82) is 5.26 Å². The van der Waals surface area contributed by atoms with Gasteiger partial charge in [0.25, 0.3) is 0 Å². The summed E-state index contributed by atoms with van der Waals surface area (Å²) in [5.74, 6) is -1.34. The lowest BCUT2D eigenvalue weighted by molar-refractivity contribution is -0.146. The van der Waals surface area contributed by atoms with Gasteiger partial charge in [0.2, 0.25) is 0 Å². The summed E-state index contributed by atoms with van der Waals surface area (Å²) in [4.78, 5) is 12.0. The van der Waals surface area contributed by atoms with Crippen LogP contribution >= 0.6 is 0 Å². The highest BCUT2D eigenvalue weighted by Crippen LogP contribution is 2.33. The molecular weight excluding hydrogens is 254 g/mol. The zero-order valence-corrected chi connectivity index (χ0v) is 11.2. The monoisotopic (exact) mass is 269 g/mol. The van der Waals surface area contributed by atoms with Crippen LogP contribution in [-0.4, -0.2) is 12.6 Å². The molecule has 1 aromatic heterocycles. The molecule has 1 heterocycles. The second kappa shape index (κ2) is 6.58. The number of hydrogen-bond donors (Lipinski definition) is 0. The summed E-state index contributed by atoms with van der Waals surface area (Å²) in [5, 5.41) is 9.36. The van der Waals surface area contributed by atoms with Crippen LogP contribution in [0.15, 0.2) is 53.1 Å². The summed E-state index contributed by atoms with van der Waals surface area (Å²) in [5.41, 5.74) is 0.849. The van der Waals surface area contributed by atoms with Gasteiger partial charge in [-0.25, -0.2) is 0 Å². The molecule has 102 valence electrons. The van der Waals surface area contributed by atoms with E-state index >= 15 is 0 Å². The van der Waals surface area contributed by atoms with Gasteiger partial charge in [0.05, 0.1) is 24.9 Å². The van der Waals surface area contributed by atoms with Gasteiger partial charge in [-0.3, -0.25) is 4.79 Å². The maximum atomic E-state index is 12.0. The number of benzene rings is 1. The third kappa shape index (κ3) is 2.89. The van der Waals surface area contributed by atoms with Gasteiger partial charge in [-0.1, -0.05) is 30.3 Å². The minimum absolute atomic E-state index is 0.247. The highest BCUT2D eigenvalue weighted by Gasteiger charge is 2.34. The Morgan fingerprint density at radius 1 is 1.30 bits per heavy atom. The number of nitrogens with zero attached hydrogens (tertiary/aromatic N) is 1. The summed E-state index contributed by atoms with van der Waals surface area (Å²) in [6, 6.07) is 14.9. The topological polar surface area (TPSA) is 63.2 Å². The molecule has 2 rings (SSSR count). The van der Waals surface area contributed by atoms with Crippen LogP contribution in [0, 0.1) is 17.2 Å². The Bertz CT molecular complexity index is 584. The maximum Gasteiger partial charge on any atom is 0.324 e. The summed E-state index contributed by atoms with van der Waals surface area (Å²) in [7, 11) is 0. The second-order valence-electron chi connectivity index (χ2n) is 4.26. The van der Waals surface area contributed by atoms with E-state index in [2.05, 4.69) is 0 Å². The lowest BCUT2D eigenvalue weighted by Crippen LogP contribution is -2.24. The van der Waals surface area contributed by atoms with Crippen LogP contribution in [0.1, 0.15) is 24.2 Å². The van der Waals surface area contributed by atoms with E-state index in [1.165, 1.54) is 6.26 Å². The Labute approximate surface area is 117 Å². The fourth-order valence-electron chi connectivity index (χ4n) is 2.14. The Hall–Kier alpha value is -2.54. The molecule has 0 saturated carbocycles. The molecule has 0 saturated heterocycles. The molecule has 0 spiro atoms. The first kappa shape index (κ1) is 13.9. The van der Waals surface area contributed by atoms with Crippen molar-refractivity contribution in [2.75, 3.05) is 6.61 Å². The van der Waals surface area contributed by atoms with Crippen molar-refractivity contribution in [3.05, 3.63) is 60.1 Å². The zero-order chi connectivity index (χ0) is 14.4. The molecule has 1 aromatic carbocycles. The highest BCUT2D eigenvalue weighted by atomic mass is 16.5. The smallest absolute Gasteiger partial charge is 0.324 e. The molecule has 0 radical (unpaired) electrons. The Kier molecular flexibility index (Phi) is 4.56. The minimum atomic E-state index is -0.927. The molecule has 4 heteroatoms. The summed E-state index contributed by atoms with van der Waals surface area (Å²) >= 11 is 0. The molecule has 0 bridgehead atoms. The van der Waals surface area contributed by atoms with E-state index in [0.717, 1.165) is 5.56 Å². The third-order valence-corrected chi connectivity index (χ3v) is 3.02. The van der Waals surface area contributed by atoms with Gasteiger partial charge in [-0.2, -0.15) is 5.26 Å². The largest absolute Gasteiger partial charge is 0.469 e. The quantitative estimate of drug-likeness (QED) is 0.782. The molecule has 2 atom stereocenters. The number of rotatable bonds is 5. The zero-order valence-electron chi connectivity index (χ0n) is 11.2. The average molecular weight is 269 g/mol. The first-order valence-electron chi connectivity index (χ1n) is 6.42. The van der Waals surface area contributed by atoms with Gasteiger partial charge in [-0.15, -0.1) is 0 Å². The van der Waals surface area contributed by atoms with Crippen molar-refractivity contribution in [3.8, 4) is 6.07 Å². The first-order valence-corrected chi connectivity index (χ1v) is 6.42. The van der Waals surface area contributed by atoms with Gasteiger partial charge in [0.1, 0.15) is 5.76 Å². The number of nitriles is 1. The van der Waals surface area contributed by atoms with Crippen LogP contribution in [-0.2, 0) is 9.53 Å². The summed E-state index contributed by atoms with van der Waals surface area (Å²) < 4.78 is 10.4. The average Bonchev–Trinajstić information content (AvgIpc) is 2.99. The van der Waals surface area contributed by atoms with Crippen molar-refractivity contribution in [2.24, 2.45) is 5.92 Å². The number of carbonyl (C=O) groups excluding carboxylic acids is 1. The fourth-order valence-corrected chi connectivity index (χ4v) is 2.14. The molecule has 0 N–H and O–H groups in total. The highest BCUT2D eigenvalue weighted by molar-refractivity contribution is 5.77. The first-order chi connectivity index (χ1) is 9.77. The van der Waals surface area contributed by atoms with Gasteiger partial charge in [0, 0.05) is 0 Å². The van der Waals surface area contributed by atoms with Gasteiger partial charge >= 0.3 is 5.97 Å². The van der Waals surface area contributed by atoms with Gasteiger partial charge < -0.3 is 9.15 Å². The molecule has 0 fully saturated rings. The van der Waals surface area contributed by atoms with Crippen LogP contribution < -0.4 is 0 Å². The van der Waals surface area contributed by atoms with Crippen LogP contribution in [0.2, 0.25) is 0 Å². The predicted octanol–water partition coefficient (Wildman–Crippen LogP) is 3.11. The van der Waals surface area contributed by atoms with Crippen molar-refractivity contribution in [3.63, 3.8) is 0 Å². The molecule has 20 heavy (non-hydrogen) atoms. The van der Waals surface area contributed by atoms with Crippen molar-refractivity contribution in [2.45, 2.75) is 12.8 Å². The van der Waals surface area contributed by atoms with Crippen molar-refractivity contribution in [1.82, 2.24) is 0 Å². The molecule has 0 aliphatic carbocycles. The van der Waals surface area contributed by atoms with E-state index in [-0.39, 0.29) is 6.61 Å². The van der Waals surface area contributed by atoms with E-state index in [1.54, 1.807) is 19.1 Å². The number of ether oxygens (including phenoxy) is 1. The van der Waals surface area contributed by atoms with Crippen LogP contribution in [0.4, 0.5) is 0 Å². The van der Waals surface area contributed by atoms with E-state index in [4.69, 9.17) is 9.15 Å². The van der Waals surface area contributed by atoms with Gasteiger partial charge in [-0.05, 0) is 24.6 Å². The van der Waals surface area contributed by atoms with E-state index < -0.39 is 17.8 Å². The standard InChI is InChI=1S/C16H15NO3/c1-2-19-16(18)13(11-17)15(14-9-6-10-20-14)12-7-4-3-5-8-12/h3-10,13,15H,2H2,1H3/t13-,15-/m0/s1. The molecule has 0 unspecified atom stereocenters. The minimum Gasteiger partial charge on any atom is -0.469 e. The molecule has 0 aliphatic heterocycles. The van der Waals surface area contributed by atoms with Crippen molar-refractivity contribution >= 4 is 5.97 Å². The molecular formula is C16H15NO3. The lowest BCUT2D eigenvalue weighted by atomic mass is 9.85. The van der Waals surface area contributed by atoms with Crippen LogP contribution in [0.3, 0.4) is 0 Å². The number of esters is 1. The normalized spacial score (nSPS) is 13.2. The van der Waals surface area contributed by atoms with E-state index in [9.17, 15) is 10.1 Å². The Morgan fingerprint density at radius 3 is 2.60 bits per heavy atom. The number of hydrogen-bond acceptors (Lipinski definition) is 4. The third-order valence-electron chi connectivity index (χ3n) is 3.02. The molecule has 4 nitrogen and oxygen atoms in total. The summed E-state index contributed by atoms with van der Waals surface area (Å²) in [6.45, 7) is 1.97. The predicted molar refractivity (Wildman–Crippen MR) is 72.7 cm³/mol. The fraction of sp³-hybridized carbons (Fsp3) is 0.250. The van der Waals surface area contributed by atoms with E-state index in [1.807, 2.05) is 36.4 Å².